The molecule has 2 aromatic heterocycles. The number of rotatable bonds is 6. The van der Waals surface area contributed by atoms with Gasteiger partial charge in [0.15, 0.2) is 0 Å². The van der Waals surface area contributed by atoms with Gasteiger partial charge in [0.05, 0.1) is 11.9 Å². The van der Waals surface area contributed by atoms with Crippen molar-refractivity contribution in [2.45, 2.75) is 45.3 Å². The van der Waals surface area contributed by atoms with Crippen molar-refractivity contribution in [1.82, 2.24) is 14.5 Å². The second-order valence-corrected chi connectivity index (χ2v) is 9.48. The first-order chi connectivity index (χ1) is 16.1. The smallest absolute Gasteiger partial charge is 0.332 e. The Morgan fingerprint density at radius 3 is 2.27 bits per heavy atom. The molecule has 0 bridgehead atoms. The Balaban J connectivity index is 1.56. The molecule has 0 spiro atoms. The predicted molar refractivity (Wildman–Crippen MR) is 131 cm³/mol. The van der Waals surface area contributed by atoms with Crippen LogP contribution in [0.3, 0.4) is 0 Å². The van der Waals surface area contributed by atoms with Gasteiger partial charge >= 0.3 is 5.69 Å². The Hall–Kier alpha value is -3.45. The summed E-state index contributed by atoms with van der Waals surface area (Å²) in [4.78, 5) is 41.6. The predicted octanol–water partition coefficient (Wildman–Crippen LogP) is 3.47. The van der Waals surface area contributed by atoms with Crippen LogP contribution in [0.15, 0.2) is 70.3 Å². The molecule has 0 radical (unpaired) electrons. The maximum Gasteiger partial charge on any atom is 0.332 e. The van der Waals surface area contributed by atoms with Crippen molar-refractivity contribution in [2.24, 2.45) is 0 Å². The summed E-state index contributed by atoms with van der Waals surface area (Å²) in [5.74, 6) is -0.251. The number of hydrogen-bond acceptors (Lipinski definition) is 4. The first-order valence-electron chi connectivity index (χ1n) is 11.2. The standard InChI is InChI=1S/C26H25N3O3S/c30-22(27-15-18-9-3-1-4-10-18)17-29-25-23(20-13-7-8-14-21(20)33-25)24(31)28(26(29)32)16-19-11-5-2-6-12-19/h1-6,9-12H,7-8,13-17H2,(H,27,30). The summed E-state index contributed by atoms with van der Waals surface area (Å²) in [5.41, 5.74) is 2.24. The Labute approximate surface area is 195 Å². The summed E-state index contributed by atoms with van der Waals surface area (Å²) in [6, 6.07) is 19.1. The van der Waals surface area contributed by atoms with Gasteiger partial charge in [-0.3, -0.25) is 18.7 Å². The molecule has 1 amide bonds. The number of benzene rings is 2. The minimum absolute atomic E-state index is 0.114. The van der Waals surface area contributed by atoms with Crippen molar-refractivity contribution in [3.05, 3.63) is 103 Å². The highest BCUT2D eigenvalue weighted by atomic mass is 32.1. The molecule has 1 aliphatic carbocycles. The quantitative estimate of drug-likeness (QED) is 0.480. The van der Waals surface area contributed by atoms with Crippen LogP contribution < -0.4 is 16.6 Å². The van der Waals surface area contributed by atoms with Crippen LogP contribution in [0.4, 0.5) is 0 Å². The maximum absolute atomic E-state index is 13.5. The zero-order chi connectivity index (χ0) is 22.8. The van der Waals surface area contributed by atoms with Crippen LogP contribution >= 0.6 is 11.3 Å². The molecule has 0 unspecified atom stereocenters. The zero-order valence-electron chi connectivity index (χ0n) is 18.3. The molecular weight excluding hydrogens is 434 g/mol. The average Bonchev–Trinajstić information content (AvgIpc) is 3.24. The van der Waals surface area contributed by atoms with E-state index in [4.69, 9.17) is 0 Å². The summed E-state index contributed by atoms with van der Waals surface area (Å²) >= 11 is 1.50. The minimum atomic E-state index is -0.440. The Morgan fingerprint density at radius 2 is 1.55 bits per heavy atom. The molecule has 5 rings (SSSR count). The molecule has 2 aromatic carbocycles. The molecule has 4 aromatic rings. The zero-order valence-corrected chi connectivity index (χ0v) is 19.1. The molecule has 6 nitrogen and oxygen atoms in total. The van der Waals surface area contributed by atoms with Gasteiger partial charge in [0.2, 0.25) is 5.91 Å². The number of aryl methyl sites for hydroxylation is 2. The van der Waals surface area contributed by atoms with Gasteiger partial charge in [-0.2, -0.15) is 0 Å². The highest BCUT2D eigenvalue weighted by molar-refractivity contribution is 7.18. The number of carbonyl (C=O) groups excluding carboxylic acids is 1. The lowest BCUT2D eigenvalue weighted by atomic mass is 9.97. The van der Waals surface area contributed by atoms with Gasteiger partial charge in [0, 0.05) is 11.4 Å². The van der Waals surface area contributed by atoms with Gasteiger partial charge in [-0.15, -0.1) is 11.3 Å². The molecule has 2 heterocycles. The summed E-state index contributed by atoms with van der Waals surface area (Å²) in [6.45, 7) is 0.462. The largest absolute Gasteiger partial charge is 0.350 e. The minimum Gasteiger partial charge on any atom is -0.350 e. The molecule has 168 valence electrons. The van der Waals surface area contributed by atoms with Crippen molar-refractivity contribution in [3.8, 4) is 0 Å². The van der Waals surface area contributed by atoms with Crippen molar-refractivity contribution in [2.75, 3.05) is 0 Å². The van der Waals surface area contributed by atoms with Crippen LogP contribution in [-0.4, -0.2) is 15.0 Å². The number of hydrogen-bond donors (Lipinski definition) is 1. The topological polar surface area (TPSA) is 73.1 Å². The molecule has 7 heteroatoms. The van der Waals surface area contributed by atoms with E-state index in [1.807, 2.05) is 60.7 Å². The van der Waals surface area contributed by atoms with E-state index in [-0.39, 0.29) is 24.6 Å². The van der Waals surface area contributed by atoms with Crippen LogP contribution in [-0.2, 0) is 37.3 Å². The third-order valence-corrected chi connectivity index (χ3v) is 7.45. The second-order valence-electron chi connectivity index (χ2n) is 8.40. The van der Waals surface area contributed by atoms with Crippen molar-refractivity contribution < 1.29 is 4.79 Å². The fourth-order valence-electron chi connectivity index (χ4n) is 4.46. The maximum atomic E-state index is 13.5. The molecule has 0 fully saturated rings. The number of fused-ring (bicyclic) bond motifs is 3. The molecular formula is C26H25N3O3S. The fraction of sp³-hybridized carbons (Fsp3) is 0.269. The van der Waals surface area contributed by atoms with Gasteiger partial charge in [-0.25, -0.2) is 4.79 Å². The normalized spacial score (nSPS) is 13.1. The number of carbonyl (C=O) groups is 1. The number of thiophene rings is 1. The summed E-state index contributed by atoms with van der Waals surface area (Å²) in [6.07, 6.45) is 3.88. The highest BCUT2D eigenvalue weighted by Gasteiger charge is 2.24. The van der Waals surface area contributed by atoms with Crippen LogP contribution in [0.5, 0.6) is 0 Å². The lowest BCUT2D eigenvalue weighted by molar-refractivity contribution is -0.121. The van der Waals surface area contributed by atoms with E-state index in [1.54, 1.807) is 0 Å². The molecule has 33 heavy (non-hydrogen) atoms. The summed E-state index contributed by atoms with van der Waals surface area (Å²) in [5, 5.41) is 3.52. The van der Waals surface area contributed by atoms with Crippen LogP contribution in [0.25, 0.3) is 10.2 Å². The van der Waals surface area contributed by atoms with Gasteiger partial charge in [0.1, 0.15) is 11.4 Å². The van der Waals surface area contributed by atoms with Gasteiger partial charge in [0.25, 0.3) is 5.56 Å². The van der Waals surface area contributed by atoms with Gasteiger partial charge in [-0.05, 0) is 42.4 Å². The van der Waals surface area contributed by atoms with E-state index in [0.29, 0.717) is 16.8 Å². The van der Waals surface area contributed by atoms with Crippen molar-refractivity contribution in [3.63, 3.8) is 0 Å². The number of nitrogens with zero attached hydrogens (tertiary/aromatic N) is 2. The second kappa shape index (κ2) is 9.19. The van der Waals surface area contributed by atoms with E-state index in [0.717, 1.165) is 42.4 Å². The molecule has 0 atom stereocenters. The van der Waals surface area contributed by atoms with Crippen LogP contribution in [0.1, 0.15) is 34.4 Å². The van der Waals surface area contributed by atoms with E-state index in [9.17, 15) is 14.4 Å². The van der Waals surface area contributed by atoms with Gasteiger partial charge in [-0.1, -0.05) is 60.7 Å². The monoisotopic (exact) mass is 459 g/mol. The number of nitrogens with one attached hydrogen (secondary N) is 1. The summed E-state index contributed by atoms with van der Waals surface area (Å²) < 4.78 is 2.77. The molecule has 0 aliphatic heterocycles. The lowest BCUT2D eigenvalue weighted by Gasteiger charge is -2.13. The average molecular weight is 460 g/mol. The first kappa shape index (κ1) is 21.4. The van der Waals surface area contributed by atoms with Crippen LogP contribution in [0, 0.1) is 0 Å². The fourth-order valence-corrected chi connectivity index (χ4v) is 5.83. The number of aromatic nitrogens is 2. The van der Waals surface area contributed by atoms with Crippen molar-refractivity contribution >= 4 is 27.5 Å². The third kappa shape index (κ3) is 4.28. The van der Waals surface area contributed by atoms with E-state index in [1.165, 1.54) is 25.3 Å². The first-order valence-corrected chi connectivity index (χ1v) is 12.1. The molecule has 0 saturated carbocycles. The number of amides is 1. The molecule has 0 saturated heterocycles. The Kier molecular flexibility index (Phi) is 5.96. The molecule has 1 aliphatic rings. The Bertz CT molecular complexity index is 1420. The van der Waals surface area contributed by atoms with Gasteiger partial charge < -0.3 is 5.32 Å². The van der Waals surface area contributed by atoms with Crippen LogP contribution in [0.2, 0.25) is 0 Å². The van der Waals surface area contributed by atoms with E-state index >= 15 is 0 Å². The van der Waals surface area contributed by atoms with E-state index in [2.05, 4.69) is 5.32 Å². The molecule has 1 N–H and O–H groups in total. The SMILES string of the molecule is O=C(Cn1c(=O)n(Cc2ccccc2)c(=O)c2c3c(sc21)CCCC3)NCc1ccccc1. The lowest BCUT2D eigenvalue weighted by Crippen LogP contribution is -2.42. The van der Waals surface area contributed by atoms with E-state index < -0.39 is 5.69 Å². The van der Waals surface area contributed by atoms with Crippen molar-refractivity contribution in [1.29, 1.82) is 0 Å². The Morgan fingerprint density at radius 1 is 0.879 bits per heavy atom. The summed E-state index contributed by atoms with van der Waals surface area (Å²) in [7, 11) is 0. The third-order valence-electron chi connectivity index (χ3n) is 6.14. The highest BCUT2D eigenvalue weighted by Crippen LogP contribution is 2.34.